The molecule has 0 bridgehead atoms. The monoisotopic (exact) mass is 198 g/mol. The van der Waals surface area contributed by atoms with Crippen LogP contribution in [0.3, 0.4) is 0 Å². The van der Waals surface area contributed by atoms with E-state index in [1.165, 1.54) is 5.41 Å². The zero-order valence-corrected chi connectivity index (χ0v) is 7.67. The summed E-state index contributed by atoms with van der Waals surface area (Å²) in [6.45, 7) is 0. The molecule has 0 aromatic heterocycles. The first kappa shape index (κ1) is 9.87. The molecule has 1 heterocycles. The Balaban J connectivity index is 3.35. The maximum Gasteiger partial charge on any atom is 0.132 e. The van der Waals surface area contributed by atoms with Crippen LogP contribution in [0.1, 0.15) is 0 Å². The van der Waals surface area contributed by atoms with Gasteiger partial charge in [0.1, 0.15) is 17.4 Å². The highest BCUT2D eigenvalue weighted by molar-refractivity contribution is 8.03. The SMILES string of the molecule is N#CC1=CSC(C#N)C(C#N)=C1C#N. The highest BCUT2D eigenvalue weighted by Gasteiger charge is 2.25. The molecule has 0 spiro atoms. The molecule has 0 saturated heterocycles. The Morgan fingerprint density at radius 2 is 1.79 bits per heavy atom. The second-order valence-electron chi connectivity index (χ2n) is 2.30. The predicted octanol–water partition coefficient (Wildman–Crippen LogP) is 1.38. The molecule has 4 nitrogen and oxygen atoms in total. The molecule has 0 aromatic carbocycles. The molecule has 0 N–H and O–H groups in total. The average Bonchev–Trinajstić information content (AvgIpc) is 2.26. The Hall–Kier alpha value is -2.21. The summed E-state index contributed by atoms with van der Waals surface area (Å²) in [4.78, 5) is 0. The summed E-state index contributed by atoms with van der Waals surface area (Å²) in [5.41, 5.74) is 0.236. The van der Waals surface area contributed by atoms with Crippen molar-refractivity contribution < 1.29 is 0 Å². The largest absolute Gasteiger partial charge is 0.197 e. The fourth-order valence-corrected chi connectivity index (χ4v) is 1.76. The van der Waals surface area contributed by atoms with E-state index in [1.54, 1.807) is 12.1 Å². The molecule has 1 atom stereocenters. The van der Waals surface area contributed by atoms with Crippen molar-refractivity contribution in [2.45, 2.75) is 5.25 Å². The molecule has 0 aliphatic carbocycles. The Morgan fingerprint density at radius 3 is 2.21 bits per heavy atom. The van der Waals surface area contributed by atoms with Gasteiger partial charge in [-0.2, -0.15) is 21.0 Å². The van der Waals surface area contributed by atoms with Gasteiger partial charge in [-0.05, 0) is 5.41 Å². The van der Waals surface area contributed by atoms with Gasteiger partial charge in [-0.3, -0.25) is 0 Å². The summed E-state index contributed by atoms with van der Waals surface area (Å²) < 4.78 is 0. The molecule has 0 amide bonds. The van der Waals surface area contributed by atoms with E-state index in [-0.39, 0.29) is 16.7 Å². The number of nitrogens with zero attached hydrogens (tertiary/aromatic N) is 4. The fraction of sp³-hybridized carbons (Fsp3) is 0.111. The Kier molecular flexibility index (Phi) is 2.93. The quantitative estimate of drug-likeness (QED) is 0.585. The zero-order chi connectivity index (χ0) is 10.6. The fourth-order valence-electron chi connectivity index (χ4n) is 0.951. The van der Waals surface area contributed by atoms with Crippen LogP contribution in [-0.4, -0.2) is 5.25 Å². The van der Waals surface area contributed by atoms with Crippen LogP contribution in [0, 0.1) is 45.3 Å². The van der Waals surface area contributed by atoms with Gasteiger partial charge >= 0.3 is 0 Å². The molecular formula is C9H2N4S. The van der Waals surface area contributed by atoms with E-state index in [0.29, 0.717) is 0 Å². The summed E-state index contributed by atoms with van der Waals surface area (Å²) in [5.74, 6) is 0. The molecule has 14 heavy (non-hydrogen) atoms. The molecule has 1 rings (SSSR count). The number of nitriles is 4. The van der Waals surface area contributed by atoms with Crippen molar-refractivity contribution in [2.75, 3.05) is 0 Å². The van der Waals surface area contributed by atoms with Crippen LogP contribution in [0.2, 0.25) is 0 Å². The maximum absolute atomic E-state index is 8.75. The van der Waals surface area contributed by atoms with Crippen molar-refractivity contribution in [3.63, 3.8) is 0 Å². The van der Waals surface area contributed by atoms with Crippen LogP contribution >= 0.6 is 11.8 Å². The second kappa shape index (κ2) is 4.15. The lowest BCUT2D eigenvalue weighted by Gasteiger charge is -2.11. The third-order valence-electron chi connectivity index (χ3n) is 1.59. The van der Waals surface area contributed by atoms with Gasteiger partial charge in [-0.15, -0.1) is 11.8 Å². The molecule has 0 aromatic rings. The van der Waals surface area contributed by atoms with E-state index >= 15 is 0 Å². The van der Waals surface area contributed by atoms with Crippen molar-refractivity contribution in [3.8, 4) is 24.3 Å². The normalized spacial score (nSPS) is 19.7. The van der Waals surface area contributed by atoms with Gasteiger partial charge in [0.2, 0.25) is 0 Å². The summed E-state index contributed by atoms with van der Waals surface area (Å²) in [6, 6.07) is 7.27. The summed E-state index contributed by atoms with van der Waals surface area (Å²) in [6.07, 6.45) is 0. The van der Waals surface area contributed by atoms with Crippen LogP contribution in [-0.2, 0) is 0 Å². The Morgan fingerprint density at radius 1 is 1.07 bits per heavy atom. The van der Waals surface area contributed by atoms with Crippen molar-refractivity contribution >= 4 is 11.8 Å². The van der Waals surface area contributed by atoms with Crippen LogP contribution in [0.4, 0.5) is 0 Å². The van der Waals surface area contributed by atoms with E-state index in [4.69, 9.17) is 21.0 Å². The Labute approximate surface area is 85.0 Å². The van der Waals surface area contributed by atoms with E-state index in [2.05, 4.69) is 0 Å². The minimum atomic E-state index is -0.674. The minimum absolute atomic E-state index is 0.0142. The molecule has 1 aliphatic rings. The van der Waals surface area contributed by atoms with Crippen LogP contribution in [0.25, 0.3) is 0 Å². The average molecular weight is 198 g/mol. The van der Waals surface area contributed by atoms with Crippen molar-refractivity contribution in [2.24, 2.45) is 0 Å². The first-order valence-electron chi connectivity index (χ1n) is 3.48. The number of rotatable bonds is 0. The molecule has 0 saturated carbocycles. The third-order valence-corrected chi connectivity index (χ3v) is 2.58. The summed E-state index contributed by atoms with van der Waals surface area (Å²) in [5, 5.41) is 35.6. The van der Waals surface area contributed by atoms with E-state index in [9.17, 15) is 0 Å². The maximum atomic E-state index is 8.75. The third kappa shape index (κ3) is 1.46. The van der Waals surface area contributed by atoms with Crippen molar-refractivity contribution in [3.05, 3.63) is 22.1 Å². The second-order valence-corrected chi connectivity index (χ2v) is 3.28. The van der Waals surface area contributed by atoms with Gasteiger partial charge in [0, 0.05) is 0 Å². The number of hydrogen-bond acceptors (Lipinski definition) is 5. The lowest BCUT2D eigenvalue weighted by Crippen LogP contribution is -2.09. The van der Waals surface area contributed by atoms with Gasteiger partial charge in [-0.25, -0.2) is 0 Å². The van der Waals surface area contributed by atoms with E-state index < -0.39 is 5.25 Å². The first-order valence-corrected chi connectivity index (χ1v) is 4.42. The van der Waals surface area contributed by atoms with E-state index in [0.717, 1.165) is 11.8 Å². The van der Waals surface area contributed by atoms with Gasteiger partial charge in [0.15, 0.2) is 0 Å². The number of allylic oxidation sites excluding steroid dienone is 2. The summed E-state index contributed by atoms with van der Waals surface area (Å²) >= 11 is 1.07. The van der Waals surface area contributed by atoms with E-state index in [1.807, 2.05) is 12.1 Å². The lowest BCUT2D eigenvalue weighted by molar-refractivity contribution is 1.24. The molecule has 1 aliphatic heterocycles. The number of thioether (sulfide) groups is 1. The summed E-state index contributed by atoms with van der Waals surface area (Å²) in [7, 11) is 0. The van der Waals surface area contributed by atoms with Gasteiger partial charge in [0.25, 0.3) is 0 Å². The zero-order valence-electron chi connectivity index (χ0n) is 6.85. The molecule has 1 unspecified atom stereocenters. The molecule has 5 heteroatoms. The highest BCUT2D eigenvalue weighted by Crippen LogP contribution is 2.32. The molecular weight excluding hydrogens is 196 g/mol. The smallest absolute Gasteiger partial charge is 0.132 e. The minimum Gasteiger partial charge on any atom is -0.197 e. The first-order chi connectivity index (χ1) is 6.78. The van der Waals surface area contributed by atoms with Crippen molar-refractivity contribution in [1.82, 2.24) is 0 Å². The molecule has 0 radical (unpaired) electrons. The van der Waals surface area contributed by atoms with Gasteiger partial charge in [-0.1, -0.05) is 0 Å². The predicted molar refractivity (Wildman–Crippen MR) is 48.9 cm³/mol. The molecule has 64 valence electrons. The Bertz CT molecular complexity index is 487. The topological polar surface area (TPSA) is 95.2 Å². The van der Waals surface area contributed by atoms with Crippen LogP contribution in [0.15, 0.2) is 22.1 Å². The lowest BCUT2D eigenvalue weighted by atomic mass is 10.0. The van der Waals surface area contributed by atoms with Crippen molar-refractivity contribution in [1.29, 1.82) is 21.0 Å². The van der Waals surface area contributed by atoms with Crippen LogP contribution in [0.5, 0.6) is 0 Å². The standard InChI is InChI=1S/C9H2N4S/c10-1-6-5-14-9(4-13)8(3-12)7(6)2-11/h5,9H. The highest BCUT2D eigenvalue weighted by atomic mass is 32.2. The number of hydrogen-bond donors (Lipinski definition) is 0. The van der Waals surface area contributed by atoms with Gasteiger partial charge < -0.3 is 0 Å². The molecule has 0 fully saturated rings. The van der Waals surface area contributed by atoms with Crippen LogP contribution < -0.4 is 0 Å². The van der Waals surface area contributed by atoms with Gasteiger partial charge in [0.05, 0.1) is 28.9 Å².